The Bertz CT molecular complexity index is 459. The molecule has 0 saturated heterocycles. The molecule has 0 bridgehead atoms. The summed E-state index contributed by atoms with van der Waals surface area (Å²) in [5.74, 6) is 0. The van der Waals surface area contributed by atoms with Gasteiger partial charge in [0.1, 0.15) is 10.1 Å². The van der Waals surface area contributed by atoms with Crippen LogP contribution in [0.1, 0.15) is 11.1 Å². The summed E-state index contributed by atoms with van der Waals surface area (Å²) in [5, 5.41) is 0.170. The Morgan fingerprint density at radius 3 is 2.13 bits per heavy atom. The van der Waals surface area contributed by atoms with Gasteiger partial charge in [0, 0.05) is 5.02 Å². The van der Waals surface area contributed by atoms with Crippen molar-refractivity contribution in [3.05, 3.63) is 27.2 Å². The third-order valence-electron chi connectivity index (χ3n) is 1.84. The Morgan fingerprint density at radius 2 is 1.73 bits per heavy atom. The molecule has 78 valence electrons. The van der Waals surface area contributed by atoms with E-state index in [0.29, 0.717) is 5.56 Å². The third kappa shape index (κ3) is 3.33. The first-order chi connectivity index (χ1) is 6.25. The van der Waals surface area contributed by atoms with Crippen molar-refractivity contribution in [1.82, 2.24) is 0 Å². The van der Waals surface area contributed by atoms with Crippen molar-refractivity contribution < 1.29 is 42.5 Å². The van der Waals surface area contributed by atoms with E-state index in [-0.39, 0.29) is 45.2 Å². The topological polar surface area (TPSA) is 57.2 Å². The molecule has 0 amide bonds. The molecular weight excluding hydrogens is 270 g/mol. The standard InChI is InChI=1S/C8H8Cl2O3S.Na/c1-4-3-6(9)5(2)8(7(4)10)14(11,12)13;/h3H,1-2H3,(H,11,12,13);/q;+1/p-1. The fraction of sp³-hybridized carbons (Fsp3) is 0.250. The first-order valence-electron chi connectivity index (χ1n) is 3.66. The minimum atomic E-state index is -4.58. The first-order valence-corrected chi connectivity index (χ1v) is 5.82. The largest absolute Gasteiger partial charge is 1.00 e. The van der Waals surface area contributed by atoms with Gasteiger partial charge in [-0.2, -0.15) is 0 Å². The SMILES string of the molecule is Cc1cc(Cl)c(C)c(S(=O)(=O)[O-])c1Cl.[Na+]. The average molecular weight is 277 g/mol. The maximum Gasteiger partial charge on any atom is 1.00 e. The van der Waals surface area contributed by atoms with E-state index in [1.54, 1.807) is 6.92 Å². The van der Waals surface area contributed by atoms with Crippen LogP contribution < -0.4 is 29.6 Å². The molecule has 0 spiro atoms. The molecule has 0 radical (unpaired) electrons. The molecular formula is C8H7Cl2NaO3S. The minimum Gasteiger partial charge on any atom is -0.744 e. The van der Waals surface area contributed by atoms with E-state index in [4.69, 9.17) is 23.2 Å². The van der Waals surface area contributed by atoms with Gasteiger partial charge in [0.25, 0.3) is 0 Å². The molecule has 0 aromatic heterocycles. The van der Waals surface area contributed by atoms with E-state index in [1.807, 2.05) is 0 Å². The maximum absolute atomic E-state index is 10.9. The summed E-state index contributed by atoms with van der Waals surface area (Å²) in [5.41, 5.74) is 0.661. The molecule has 0 aliphatic carbocycles. The van der Waals surface area contributed by atoms with Crippen LogP contribution in [-0.2, 0) is 10.1 Å². The summed E-state index contributed by atoms with van der Waals surface area (Å²) < 4.78 is 32.6. The van der Waals surface area contributed by atoms with E-state index in [1.165, 1.54) is 13.0 Å². The molecule has 15 heavy (non-hydrogen) atoms. The number of aryl methyl sites for hydroxylation is 1. The van der Waals surface area contributed by atoms with Gasteiger partial charge in [-0.3, -0.25) is 0 Å². The molecule has 0 aliphatic rings. The fourth-order valence-corrected chi connectivity index (χ4v) is 2.77. The van der Waals surface area contributed by atoms with Crippen molar-refractivity contribution in [3.63, 3.8) is 0 Å². The molecule has 0 fully saturated rings. The van der Waals surface area contributed by atoms with Crippen LogP contribution in [0.5, 0.6) is 0 Å². The zero-order valence-electron chi connectivity index (χ0n) is 8.47. The Morgan fingerprint density at radius 1 is 1.27 bits per heavy atom. The number of rotatable bonds is 1. The molecule has 1 rings (SSSR count). The summed E-state index contributed by atoms with van der Waals surface area (Å²) in [6, 6.07) is 1.52. The van der Waals surface area contributed by atoms with Gasteiger partial charge >= 0.3 is 29.6 Å². The van der Waals surface area contributed by atoms with Crippen LogP contribution in [0.3, 0.4) is 0 Å². The number of halogens is 2. The average Bonchev–Trinajstić information content (AvgIpc) is 1.98. The van der Waals surface area contributed by atoms with Crippen LogP contribution >= 0.6 is 23.2 Å². The van der Waals surface area contributed by atoms with Crippen LogP contribution in [0.2, 0.25) is 10.0 Å². The molecule has 0 aliphatic heterocycles. The van der Waals surface area contributed by atoms with Gasteiger partial charge in [0.15, 0.2) is 0 Å². The van der Waals surface area contributed by atoms with Crippen molar-refractivity contribution in [2.75, 3.05) is 0 Å². The van der Waals surface area contributed by atoms with Gasteiger partial charge in [0.05, 0.1) is 9.92 Å². The summed E-state index contributed by atoms with van der Waals surface area (Å²) in [6.07, 6.45) is 0. The van der Waals surface area contributed by atoms with Crippen molar-refractivity contribution in [3.8, 4) is 0 Å². The van der Waals surface area contributed by atoms with E-state index in [9.17, 15) is 13.0 Å². The van der Waals surface area contributed by atoms with Crippen LogP contribution in [0.25, 0.3) is 0 Å². The van der Waals surface area contributed by atoms with Crippen molar-refractivity contribution in [1.29, 1.82) is 0 Å². The second-order valence-corrected chi connectivity index (χ2v) is 5.00. The zero-order chi connectivity index (χ0) is 11.1. The normalized spacial score (nSPS) is 11.0. The van der Waals surface area contributed by atoms with Crippen LogP contribution in [0.4, 0.5) is 0 Å². The predicted molar refractivity (Wildman–Crippen MR) is 53.9 cm³/mol. The maximum atomic E-state index is 10.9. The van der Waals surface area contributed by atoms with Gasteiger partial charge in [0.2, 0.25) is 0 Å². The van der Waals surface area contributed by atoms with E-state index in [0.717, 1.165) is 0 Å². The predicted octanol–water partition coefficient (Wildman–Crippen LogP) is -0.482. The Hall–Kier alpha value is 0.710. The van der Waals surface area contributed by atoms with Crippen molar-refractivity contribution in [2.45, 2.75) is 18.7 Å². The minimum absolute atomic E-state index is 0. The Balaban J connectivity index is 0.00000196. The van der Waals surface area contributed by atoms with Gasteiger partial charge < -0.3 is 4.55 Å². The molecule has 0 heterocycles. The molecule has 0 N–H and O–H groups in total. The molecule has 7 heteroatoms. The molecule has 0 unspecified atom stereocenters. The van der Waals surface area contributed by atoms with Crippen molar-refractivity contribution >= 4 is 33.3 Å². The molecule has 1 aromatic rings. The van der Waals surface area contributed by atoms with Gasteiger partial charge in [-0.1, -0.05) is 23.2 Å². The Kier molecular flexibility index (Phi) is 5.61. The van der Waals surface area contributed by atoms with E-state index >= 15 is 0 Å². The number of benzene rings is 1. The fourth-order valence-electron chi connectivity index (χ4n) is 1.11. The summed E-state index contributed by atoms with van der Waals surface area (Å²) in [6.45, 7) is 3.03. The second kappa shape index (κ2) is 5.36. The smallest absolute Gasteiger partial charge is 0.744 e. The molecule has 3 nitrogen and oxygen atoms in total. The van der Waals surface area contributed by atoms with Crippen LogP contribution in [-0.4, -0.2) is 13.0 Å². The quantitative estimate of drug-likeness (QED) is 0.514. The second-order valence-electron chi connectivity index (χ2n) is 2.90. The first kappa shape index (κ1) is 15.7. The summed E-state index contributed by atoms with van der Waals surface area (Å²) in [4.78, 5) is -0.427. The van der Waals surface area contributed by atoms with Gasteiger partial charge in [-0.15, -0.1) is 0 Å². The monoisotopic (exact) mass is 276 g/mol. The van der Waals surface area contributed by atoms with Crippen LogP contribution in [0, 0.1) is 13.8 Å². The third-order valence-corrected chi connectivity index (χ3v) is 3.84. The molecule has 1 aromatic carbocycles. The van der Waals surface area contributed by atoms with Crippen molar-refractivity contribution in [2.24, 2.45) is 0 Å². The number of hydrogen-bond donors (Lipinski definition) is 0. The van der Waals surface area contributed by atoms with Gasteiger partial charge in [-0.25, -0.2) is 8.42 Å². The summed E-state index contributed by atoms with van der Waals surface area (Å²) in [7, 11) is -4.58. The molecule has 0 saturated carbocycles. The van der Waals surface area contributed by atoms with E-state index in [2.05, 4.69) is 0 Å². The van der Waals surface area contributed by atoms with Gasteiger partial charge in [-0.05, 0) is 31.0 Å². The summed E-state index contributed by atoms with van der Waals surface area (Å²) >= 11 is 11.5. The Labute approximate surface area is 121 Å². The number of hydrogen-bond acceptors (Lipinski definition) is 3. The zero-order valence-corrected chi connectivity index (χ0v) is 12.8. The van der Waals surface area contributed by atoms with E-state index < -0.39 is 15.0 Å². The van der Waals surface area contributed by atoms with Crippen LogP contribution in [0.15, 0.2) is 11.0 Å². The molecule has 0 atom stereocenters.